The number of fused-ring (bicyclic) bond motifs is 1. The molecular weight excluding hydrogens is 330 g/mol. The number of allylic oxidation sites excluding steroid dienone is 1. The van der Waals surface area contributed by atoms with Crippen LogP contribution in [0.4, 0.5) is 8.78 Å². The van der Waals surface area contributed by atoms with Gasteiger partial charge in [-0.3, -0.25) is 4.79 Å². The lowest BCUT2D eigenvalue weighted by atomic mass is 10.00. The second kappa shape index (κ2) is 5.49. The number of carboxylic acid groups (broad SMARTS) is 1. The molecule has 0 aliphatic heterocycles. The number of aromatic nitrogens is 1. The third-order valence-electron chi connectivity index (χ3n) is 4.86. The van der Waals surface area contributed by atoms with E-state index in [4.69, 9.17) is 5.73 Å². The summed E-state index contributed by atoms with van der Waals surface area (Å²) in [6.45, 7) is 0. The minimum absolute atomic E-state index is 0.0322. The number of aromatic carboxylic acids is 1. The molecular formula is C18H16F2N2O3. The Labute approximate surface area is 141 Å². The Hall–Kier alpha value is -2.54. The van der Waals surface area contributed by atoms with Gasteiger partial charge < -0.3 is 15.4 Å². The minimum atomic E-state index is -1.41. The maximum atomic E-state index is 15.2. The summed E-state index contributed by atoms with van der Waals surface area (Å²) < 4.78 is 31.3. The molecule has 1 heterocycles. The van der Waals surface area contributed by atoms with E-state index in [0.717, 1.165) is 18.9 Å². The lowest BCUT2D eigenvalue weighted by Crippen LogP contribution is -2.20. The molecule has 1 fully saturated rings. The van der Waals surface area contributed by atoms with Gasteiger partial charge in [-0.2, -0.15) is 0 Å². The number of hydrogen-bond donors (Lipinski definition) is 2. The predicted octanol–water partition coefficient (Wildman–Crippen LogP) is 2.82. The summed E-state index contributed by atoms with van der Waals surface area (Å²) in [7, 11) is 0. The number of pyridine rings is 1. The monoisotopic (exact) mass is 346 g/mol. The highest BCUT2D eigenvalue weighted by molar-refractivity contribution is 5.94. The summed E-state index contributed by atoms with van der Waals surface area (Å²) in [5.74, 6) is -3.10. The van der Waals surface area contributed by atoms with Gasteiger partial charge in [0.1, 0.15) is 11.4 Å². The van der Waals surface area contributed by atoms with E-state index < -0.39 is 28.6 Å². The quantitative estimate of drug-likeness (QED) is 0.895. The van der Waals surface area contributed by atoms with Crippen molar-refractivity contribution in [1.29, 1.82) is 0 Å². The molecule has 4 rings (SSSR count). The van der Waals surface area contributed by atoms with Crippen molar-refractivity contribution in [1.82, 2.24) is 4.57 Å². The van der Waals surface area contributed by atoms with Crippen LogP contribution >= 0.6 is 0 Å². The molecule has 1 aromatic carbocycles. The number of carboxylic acids is 1. The highest BCUT2D eigenvalue weighted by atomic mass is 19.1. The second-order valence-electron chi connectivity index (χ2n) is 6.65. The van der Waals surface area contributed by atoms with Crippen LogP contribution in [0.1, 0.15) is 47.6 Å². The van der Waals surface area contributed by atoms with E-state index in [1.54, 1.807) is 6.08 Å². The zero-order valence-electron chi connectivity index (χ0n) is 13.3. The van der Waals surface area contributed by atoms with E-state index in [1.165, 1.54) is 10.8 Å². The first-order chi connectivity index (χ1) is 11.9. The summed E-state index contributed by atoms with van der Waals surface area (Å²) in [6, 6.07) is 0.629. The van der Waals surface area contributed by atoms with Crippen LogP contribution in [-0.2, 0) is 0 Å². The maximum Gasteiger partial charge on any atom is 0.341 e. The van der Waals surface area contributed by atoms with Crippen LogP contribution in [0.5, 0.6) is 0 Å². The molecule has 1 saturated carbocycles. The summed E-state index contributed by atoms with van der Waals surface area (Å²) >= 11 is 0. The molecule has 0 saturated heterocycles. The number of benzene rings is 1. The van der Waals surface area contributed by atoms with Gasteiger partial charge in [-0.05, 0) is 37.3 Å². The van der Waals surface area contributed by atoms with Crippen LogP contribution in [-0.4, -0.2) is 21.7 Å². The van der Waals surface area contributed by atoms with Crippen LogP contribution in [0.15, 0.2) is 23.1 Å². The summed E-state index contributed by atoms with van der Waals surface area (Å²) in [6.07, 6.45) is 5.40. The number of nitrogens with zero attached hydrogens (tertiary/aromatic N) is 1. The van der Waals surface area contributed by atoms with E-state index in [0.29, 0.717) is 18.4 Å². The van der Waals surface area contributed by atoms with Gasteiger partial charge in [0.05, 0.1) is 16.5 Å². The lowest BCUT2D eigenvalue weighted by Gasteiger charge is -2.15. The molecule has 2 aliphatic rings. The third-order valence-corrected chi connectivity index (χ3v) is 4.86. The van der Waals surface area contributed by atoms with Crippen molar-refractivity contribution in [2.45, 2.75) is 37.8 Å². The van der Waals surface area contributed by atoms with E-state index in [1.807, 2.05) is 0 Å². The highest BCUT2D eigenvalue weighted by Crippen LogP contribution is 2.40. The Morgan fingerprint density at radius 2 is 2.00 bits per heavy atom. The first-order valence-corrected chi connectivity index (χ1v) is 8.15. The van der Waals surface area contributed by atoms with Crippen LogP contribution in [0.2, 0.25) is 0 Å². The molecule has 0 amide bonds. The standard InChI is InChI=1S/C18H16F2N2O3/c19-13-6-11-16(15(20)14(13)8-1-2-9(21)5-8)22(10-3-4-10)7-12(17(11)23)18(24)25/h5-7,9-10H,1-4,21H2,(H,24,25). The average Bonchev–Trinajstić information content (AvgIpc) is 3.30. The van der Waals surface area contributed by atoms with Crippen molar-refractivity contribution in [2.75, 3.05) is 0 Å². The Morgan fingerprint density at radius 1 is 1.28 bits per heavy atom. The average molecular weight is 346 g/mol. The van der Waals surface area contributed by atoms with Crippen molar-refractivity contribution < 1.29 is 18.7 Å². The van der Waals surface area contributed by atoms with Gasteiger partial charge >= 0.3 is 5.97 Å². The summed E-state index contributed by atoms with van der Waals surface area (Å²) in [4.78, 5) is 23.7. The maximum absolute atomic E-state index is 15.2. The number of rotatable bonds is 3. The SMILES string of the molecule is NC1C=C(c2c(F)cc3c(=O)c(C(=O)O)cn(C4CC4)c3c2F)CC1. The van der Waals surface area contributed by atoms with Crippen molar-refractivity contribution in [3.8, 4) is 0 Å². The highest BCUT2D eigenvalue weighted by Gasteiger charge is 2.31. The van der Waals surface area contributed by atoms with E-state index in [9.17, 15) is 19.1 Å². The van der Waals surface area contributed by atoms with Gasteiger partial charge in [0.25, 0.3) is 0 Å². The van der Waals surface area contributed by atoms with Gasteiger partial charge in [-0.15, -0.1) is 0 Å². The number of hydrogen-bond acceptors (Lipinski definition) is 3. The summed E-state index contributed by atoms with van der Waals surface area (Å²) in [5, 5.41) is 8.98. The van der Waals surface area contributed by atoms with E-state index in [2.05, 4.69) is 0 Å². The molecule has 0 radical (unpaired) electrons. The molecule has 1 atom stereocenters. The molecule has 0 spiro atoms. The van der Waals surface area contributed by atoms with E-state index in [-0.39, 0.29) is 28.6 Å². The molecule has 2 aromatic rings. The van der Waals surface area contributed by atoms with Gasteiger partial charge in [-0.25, -0.2) is 13.6 Å². The zero-order valence-corrected chi connectivity index (χ0v) is 13.3. The Morgan fingerprint density at radius 3 is 2.56 bits per heavy atom. The summed E-state index contributed by atoms with van der Waals surface area (Å²) in [5.41, 5.74) is 4.73. The third kappa shape index (κ3) is 2.46. The fourth-order valence-corrected chi connectivity index (χ4v) is 3.48. The molecule has 1 unspecified atom stereocenters. The molecule has 3 N–H and O–H groups in total. The molecule has 7 heteroatoms. The number of halogens is 2. The smallest absolute Gasteiger partial charge is 0.341 e. The van der Waals surface area contributed by atoms with Gasteiger partial charge in [0.2, 0.25) is 5.43 Å². The minimum Gasteiger partial charge on any atom is -0.477 e. The number of nitrogens with two attached hydrogens (primary N) is 1. The Balaban J connectivity index is 2.08. The fraction of sp³-hybridized carbons (Fsp3) is 0.333. The van der Waals surface area contributed by atoms with Gasteiger partial charge in [0, 0.05) is 18.3 Å². The molecule has 25 heavy (non-hydrogen) atoms. The largest absolute Gasteiger partial charge is 0.477 e. The first kappa shape index (κ1) is 16.0. The van der Waals surface area contributed by atoms with Crippen molar-refractivity contribution in [3.05, 3.63) is 51.3 Å². The van der Waals surface area contributed by atoms with Gasteiger partial charge in [0.15, 0.2) is 5.82 Å². The molecule has 1 aromatic heterocycles. The zero-order chi connectivity index (χ0) is 17.9. The van der Waals surface area contributed by atoms with Crippen LogP contribution < -0.4 is 11.2 Å². The first-order valence-electron chi connectivity index (χ1n) is 8.15. The number of carbonyl (C=O) groups is 1. The molecule has 130 valence electrons. The van der Waals surface area contributed by atoms with Crippen LogP contribution in [0, 0.1) is 11.6 Å². The topological polar surface area (TPSA) is 85.3 Å². The Kier molecular flexibility index (Phi) is 3.50. The Bertz CT molecular complexity index is 1010. The second-order valence-corrected chi connectivity index (χ2v) is 6.65. The fourth-order valence-electron chi connectivity index (χ4n) is 3.48. The van der Waals surface area contributed by atoms with Crippen molar-refractivity contribution in [2.24, 2.45) is 5.73 Å². The predicted molar refractivity (Wildman–Crippen MR) is 88.5 cm³/mol. The molecule has 2 aliphatic carbocycles. The van der Waals surface area contributed by atoms with Gasteiger partial charge in [-0.1, -0.05) is 6.08 Å². The van der Waals surface area contributed by atoms with Crippen molar-refractivity contribution >= 4 is 22.4 Å². The van der Waals surface area contributed by atoms with Crippen LogP contribution in [0.3, 0.4) is 0 Å². The molecule has 5 nitrogen and oxygen atoms in total. The van der Waals surface area contributed by atoms with Crippen molar-refractivity contribution in [3.63, 3.8) is 0 Å². The van der Waals surface area contributed by atoms with Crippen LogP contribution in [0.25, 0.3) is 16.5 Å². The molecule has 0 bridgehead atoms. The normalized spacial score (nSPS) is 20.1. The lowest BCUT2D eigenvalue weighted by molar-refractivity contribution is 0.0695. The van der Waals surface area contributed by atoms with E-state index >= 15 is 4.39 Å².